The van der Waals surface area contributed by atoms with E-state index in [4.69, 9.17) is 35.3 Å². The lowest BCUT2D eigenvalue weighted by atomic mass is 9.89. The number of piperazine rings is 1. The van der Waals surface area contributed by atoms with Crippen molar-refractivity contribution in [2.75, 3.05) is 39.3 Å². The maximum Gasteiger partial charge on any atom is 0.303 e. The van der Waals surface area contributed by atoms with Gasteiger partial charge >= 0.3 is 23.9 Å². The summed E-state index contributed by atoms with van der Waals surface area (Å²) in [4.78, 5) is 52.5. The number of rotatable bonds is 9. The molecule has 0 unspecified atom stereocenters. The van der Waals surface area contributed by atoms with Gasteiger partial charge in [0, 0.05) is 65.4 Å². The molecule has 216 valence electrons. The SMILES string of the molecule is CCN1CCN(Cc2cc([C@@H]3O[C@H](COC(C)=O)[C@@H](OC(C)=O)[C@H](OC(C)=O)[C@H]3OC(C)=O)ccc2Cl)CC1. The van der Waals surface area contributed by atoms with E-state index in [1.807, 2.05) is 6.07 Å². The van der Waals surface area contributed by atoms with Crippen molar-refractivity contribution in [3.63, 3.8) is 0 Å². The molecule has 1 aromatic rings. The molecule has 0 aromatic heterocycles. The first kappa shape index (κ1) is 30.8. The van der Waals surface area contributed by atoms with Gasteiger partial charge < -0.3 is 28.6 Å². The molecular weight excluding hydrogens is 532 g/mol. The molecule has 2 saturated heterocycles. The van der Waals surface area contributed by atoms with Gasteiger partial charge in [0.1, 0.15) is 18.8 Å². The number of ether oxygens (including phenoxy) is 5. The van der Waals surface area contributed by atoms with Gasteiger partial charge in [-0.05, 0) is 23.7 Å². The summed E-state index contributed by atoms with van der Waals surface area (Å²) in [5.41, 5.74) is 1.46. The number of likely N-dealkylation sites (N-methyl/N-ethyl adjacent to an activating group) is 1. The van der Waals surface area contributed by atoms with Crippen molar-refractivity contribution in [2.45, 2.75) is 71.7 Å². The molecule has 2 heterocycles. The Morgan fingerprint density at radius 2 is 1.41 bits per heavy atom. The number of carbonyl (C=O) groups is 4. The fourth-order valence-corrected chi connectivity index (χ4v) is 5.07. The van der Waals surface area contributed by atoms with Gasteiger partial charge in [0.25, 0.3) is 0 Å². The van der Waals surface area contributed by atoms with E-state index >= 15 is 0 Å². The minimum Gasteiger partial charge on any atom is -0.463 e. The maximum absolute atomic E-state index is 12.2. The van der Waals surface area contributed by atoms with Crippen molar-refractivity contribution in [1.29, 1.82) is 0 Å². The normalized spacial score (nSPS) is 25.9. The van der Waals surface area contributed by atoms with E-state index in [0.717, 1.165) is 38.3 Å². The van der Waals surface area contributed by atoms with Crippen molar-refractivity contribution in [2.24, 2.45) is 0 Å². The molecular formula is C27H37ClN2O9. The number of nitrogens with zero attached hydrogens (tertiary/aromatic N) is 2. The van der Waals surface area contributed by atoms with Crippen LogP contribution in [-0.2, 0) is 49.4 Å². The zero-order chi connectivity index (χ0) is 28.7. The topological polar surface area (TPSA) is 121 Å². The Morgan fingerprint density at radius 1 is 0.846 bits per heavy atom. The number of hydrogen-bond donors (Lipinski definition) is 0. The molecule has 0 aliphatic carbocycles. The third-order valence-corrected chi connectivity index (χ3v) is 7.06. The molecule has 3 rings (SSSR count). The summed E-state index contributed by atoms with van der Waals surface area (Å²) in [6.07, 6.45) is -5.55. The van der Waals surface area contributed by atoms with Gasteiger partial charge in [0.05, 0.1) is 0 Å². The van der Waals surface area contributed by atoms with Gasteiger partial charge in [-0.25, -0.2) is 0 Å². The summed E-state index contributed by atoms with van der Waals surface area (Å²) in [7, 11) is 0. The van der Waals surface area contributed by atoms with Crippen LogP contribution in [0.25, 0.3) is 0 Å². The standard InChI is InChI=1S/C27H37ClN2O9/c1-6-29-9-11-30(12-10-29)14-21-13-20(7-8-22(21)28)24-26(37-18(4)33)27(38-19(5)34)25(36-17(3)32)23(39-24)15-35-16(2)31/h7-8,13,23-27H,6,9-12,14-15H2,1-5H3/t23-,24+,25-,26+,27+/m1/s1. The van der Waals surface area contributed by atoms with Crippen LogP contribution >= 0.6 is 11.6 Å². The van der Waals surface area contributed by atoms with E-state index in [9.17, 15) is 19.2 Å². The first-order valence-corrected chi connectivity index (χ1v) is 13.4. The van der Waals surface area contributed by atoms with Gasteiger partial charge in [-0.3, -0.25) is 24.1 Å². The number of esters is 4. The van der Waals surface area contributed by atoms with Crippen LogP contribution < -0.4 is 0 Å². The molecule has 0 saturated carbocycles. The summed E-state index contributed by atoms with van der Waals surface area (Å²) < 4.78 is 28.1. The minimum atomic E-state index is -1.23. The summed E-state index contributed by atoms with van der Waals surface area (Å²) in [6, 6.07) is 5.35. The van der Waals surface area contributed by atoms with E-state index in [1.165, 1.54) is 27.7 Å². The Hall–Kier alpha value is -2.73. The van der Waals surface area contributed by atoms with E-state index in [2.05, 4.69) is 16.7 Å². The molecule has 2 fully saturated rings. The largest absolute Gasteiger partial charge is 0.463 e. The number of halogens is 1. The van der Waals surface area contributed by atoms with Gasteiger partial charge in [-0.1, -0.05) is 30.7 Å². The number of carbonyl (C=O) groups excluding carboxylic acids is 4. The van der Waals surface area contributed by atoms with Gasteiger partial charge in [0.2, 0.25) is 0 Å². The highest BCUT2D eigenvalue weighted by Crippen LogP contribution is 2.38. The molecule has 2 aliphatic rings. The lowest BCUT2D eigenvalue weighted by molar-refractivity contribution is -0.254. The van der Waals surface area contributed by atoms with Gasteiger partial charge in [-0.15, -0.1) is 0 Å². The monoisotopic (exact) mass is 568 g/mol. The first-order chi connectivity index (χ1) is 18.5. The second-order valence-electron chi connectivity index (χ2n) is 9.68. The Bertz CT molecular complexity index is 1040. The fraction of sp³-hybridized carbons (Fsp3) is 0.630. The van der Waals surface area contributed by atoms with Crippen LogP contribution in [0.5, 0.6) is 0 Å². The predicted molar refractivity (Wildman–Crippen MR) is 140 cm³/mol. The lowest BCUT2D eigenvalue weighted by Crippen LogP contribution is -2.59. The third kappa shape index (κ3) is 8.63. The molecule has 39 heavy (non-hydrogen) atoms. The third-order valence-electron chi connectivity index (χ3n) is 6.70. The fourth-order valence-electron chi connectivity index (χ4n) is 4.89. The second kappa shape index (κ2) is 14.1. The summed E-state index contributed by atoms with van der Waals surface area (Å²) in [5.74, 6) is -2.57. The quantitative estimate of drug-likeness (QED) is 0.322. The molecule has 0 bridgehead atoms. The number of hydrogen-bond acceptors (Lipinski definition) is 11. The molecule has 0 radical (unpaired) electrons. The highest BCUT2D eigenvalue weighted by Gasteiger charge is 2.52. The van der Waals surface area contributed by atoms with E-state index in [1.54, 1.807) is 12.1 Å². The molecule has 0 spiro atoms. The van der Waals surface area contributed by atoms with Crippen LogP contribution in [-0.4, -0.2) is 97.4 Å². The molecule has 5 atom stereocenters. The highest BCUT2D eigenvalue weighted by molar-refractivity contribution is 6.31. The van der Waals surface area contributed by atoms with Crippen molar-refractivity contribution in [3.05, 3.63) is 34.3 Å². The van der Waals surface area contributed by atoms with Crippen molar-refractivity contribution in [3.8, 4) is 0 Å². The van der Waals surface area contributed by atoms with E-state index < -0.39 is 54.4 Å². The summed E-state index contributed by atoms with van der Waals surface area (Å²) in [5, 5.41) is 0.572. The van der Waals surface area contributed by atoms with Gasteiger partial charge in [-0.2, -0.15) is 0 Å². The smallest absolute Gasteiger partial charge is 0.303 e. The Morgan fingerprint density at radius 3 is 1.97 bits per heavy atom. The van der Waals surface area contributed by atoms with Crippen LogP contribution in [0.3, 0.4) is 0 Å². The first-order valence-electron chi connectivity index (χ1n) is 13.0. The molecule has 0 N–H and O–H groups in total. The van der Waals surface area contributed by atoms with Gasteiger partial charge in [0.15, 0.2) is 18.3 Å². The van der Waals surface area contributed by atoms with Crippen LogP contribution in [0, 0.1) is 0 Å². The van der Waals surface area contributed by atoms with Crippen molar-refractivity contribution in [1.82, 2.24) is 9.80 Å². The molecule has 0 amide bonds. The van der Waals surface area contributed by atoms with Crippen LogP contribution in [0.2, 0.25) is 5.02 Å². The van der Waals surface area contributed by atoms with Crippen molar-refractivity contribution < 1.29 is 42.9 Å². The Balaban J connectivity index is 1.98. The molecule has 12 heteroatoms. The second-order valence-corrected chi connectivity index (χ2v) is 10.1. The zero-order valence-corrected chi connectivity index (χ0v) is 23.8. The van der Waals surface area contributed by atoms with E-state index in [-0.39, 0.29) is 6.61 Å². The minimum absolute atomic E-state index is 0.281. The van der Waals surface area contributed by atoms with Crippen LogP contribution in [0.1, 0.15) is 51.8 Å². The summed E-state index contributed by atoms with van der Waals surface area (Å²) in [6.45, 7) is 12.0. The maximum atomic E-state index is 12.2. The van der Waals surface area contributed by atoms with Crippen molar-refractivity contribution >= 4 is 35.5 Å². The molecule has 11 nitrogen and oxygen atoms in total. The summed E-state index contributed by atoms with van der Waals surface area (Å²) >= 11 is 6.57. The van der Waals surface area contributed by atoms with E-state index in [0.29, 0.717) is 17.1 Å². The molecule has 1 aromatic carbocycles. The molecule has 2 aliphatic heterocycles. The average molecular weight is 569 g/mol. The highest BCUT2D eigenvalue weighted by atomic mass is 35.5. The Labute approximate surface area is 233 Å². The Kier molecular flexibility index (Phi) is 11.1. The average Bonchev–Trinajstić information content (AvgIpc) is 2.86. The zero-order valence-electron chi connectivity index (χ0n) is 23.0. The van der Waals surface area contributed by atoms with Crippen LogP contribution in [0.4, 0.5) is 0 Å². The predicted octanol–water partition coefficient (Wildman–Crippen LogP) is 2.28. The lowest BCUT2D eigenvalue weighted by Gasteiger charge is -2.44. The van der Waals surface area contributed by atoms with Crippen LogP contribution in [0.15, 0.2) is 18.2 Å². The number of benzene rings is 1.